The second-order valence-electron chi connectivity index (χ2n) is 8.58. The quantitative estimate of drug-likeness (QED) is 0.286. The van der Waals surface area contributed by atoms with E-state index in [0.717, 1.165) is 5.56 Å². The lowest BCUT2D eigenvalue weighted by Gasteiger charge is -2.31. The molecule has 0 bridgehead atoms. The van der Waals surface area contributed by atoms with Gasteiger partial charge in [-0.25, -0.2) is 14.2 Å². The Kier molecular flexibility index (Phi) is 5.27. The largest absolute Gasteiger partial charge is 0.458 e. The van der Waals surface area contributed by atoms with Crippen LogP contribution in [0.4, 0.5) is 4.39 Å². The Morgan fingerprint density at radius 3 is 2.82 bits per heavy atom. The average molecular weight is 462 g/mol. The van der Waals surface area contributed by atoms with E-state index < -0.39 is 11.6 Å². The number of pyridine rings is 2. The van der Waals surface area contributed by atoms with Crippen molar-refractivity contribution in [1.29, 1.82) is 0 Å². The van der Waals surface area contributed by atoms with Gasteiger partial charge in [-0.05, 0) is 31.0 Å². The van der Waals surface area contributed by atoms with Gasteiger partial charge in [0.15, 0.2) is 5.60 Å². The molecule has 4 heterocycles. The lowest BCUT2D eigenvalue weighted by atomic mass is 9.86. The topological polar surface area (TPSA) is 90.7 Å². The van der Waals surface area contributed by atoms with E-state index in [1.54, 1.807) is 37.7 Å². The van der Waals surface area contributed by atoms with Crippen molar-refractivity contribution in [2.45, 2.75) is 45.4 Å². The van der Waals surface area contributed by atoms with E-state index in [1.807, 2.05) is 0 Å². The van der Waals surface area contributed by atoms with Crippen molar-refractivity contribution in [3.8, 4) is 23.2 Å². The normalized spacial score (nSPS) is 18.1. The Labute approximate surface area is 195 Å². The van der Waals surface area contributed by atoms with Crippen LogP contribution < -0.4 is 5.56 Å². The van der Waals surface area contributed by atoms with E-state index >= 15 is 0 Å². The van der Waals surface area contributed by atoms with Crippen LogP contribution in [0.3, 0.4) is 0 Å². The molecule has 0 radical (unpaired) electrons. The van der Waals surface area contributed by atoms with Crippen LogP contribution in [-0.2, 0) is 33.0 Å². The third-order valence-electron chi connectivity index (χ3n) is 6.61. The van der Waals surface area contributed by atoms with Crippen molar-refractivity contribution in [2.24, 2.45) is 0 Å². The number of methoxy groups -OCH3 is 1. The van der Waals surface area contributed by atoms with Gasteiger partial charge < -0.3 is 19.1 Å². The van der Waals surface area contributed by atoms with Crippen molar-refractivity contribution < 1.29 is 23.8 Å². The van der Waals surface area contributed by atoms with Crippen LogP contribution in [0.1, 0.15) is 47.6 Å². The summed E-state index contributed by atoms with van der Waals surface area (Å²) < 4.78 is 26.2. The number of fused-ring (bicyclic) bond motifs is 5. The lowest BCUT2D eigenvalue weighted by molar-refractivity contribution is -0.172. The SMILES string of the molecule is CC[C@@]1(O)C(=O)OCc2c1cc1n(c2=O)Cc2c-1nc1cc(F)c(C)cc1c2C#CCCOC. The molecule has 0 aliphatic carbocycles. The molecule has 8 heteroatoms. The molecule has 0 amide bonds. The highest BCUT2D eigenvalue weighted by atomic mass is 19.1. The summed E-state index contributed by atoms with van der Waals surface area (Å²) in [5.74, 6) is 5.12. The minimum atomic E-state index is -1.91. The van der Waals surface area contributed by atoms with Gasteiger partial charge in [0.1, 0.15) is 12.4 Å². The van der Waals surface area contributed by atoms with Gasteiger partial charge in [0.05, 0.1) is 35.6 Å². The summed E-state index contributed by atoms with van der Waals surface area (Å²) in [4.78, 5) is 30.5. The number of rotatable bonds is 3. The van der Waals surface area contributed by atoms with Gasteiger partial charge in [0.2, 0.25) is 0 Å². The number of hydrogen-bond donors (Lipinski definition) is 1. The number of ether oxygens (including phenoxy) is 2. The predicted octanol–water partition coefficient (Wildman–Crippen LogP) is 2.92. The number of halogens is 1. The minimum absolute atomic E-state index is 0.0560. The molecule has 3 aromatic rings. The molecule has 2 aromatic heterocycles. The van der Waals surface area contributed by atoms with E-state index in [1.165, 1.54) is 6.07 Å². The maximum Gasteiger partial charge on any atom is 0.343 e. The first-order valence-corrected chi connectivity index (χ1v) is 11.1. The van der Waals surface area contributed by atoms with Gasteiger partial charge in [-0.15, -0.1) is 0 Å². The number of carbonyl (C=O) groups excluding carboxylic acids is 1. The monoisotopic (exact) mass is 462 g/mol. The zero-order chi connectivity index (χ0) is 24.2. The third-order valence-corrected chi connectivity index (χ3v) is 6.61. The molecule has 5 rings (SSSR count). The molecule has 1 atom stereocenters. The third kappa shape index (κ3) is 3.16. The summed E-state index contributed by atoms with van der Waals surface area (Å²) in [5.41, 5.74) is 1.49. The number of aromatic nitrogens is 2. The van der Waals surface area contributed by atoms with E-state index in [2.05, 4.69) is 11.8 Å². The van der Waals surface area contributed by atoms with Crippen LogP contribution in [0.2, 0.25) is 0 Å². The highest BCUT2D eigenvalue weighted by molar-refractivity contribution is 5.92. The molecule has 0 saturated carbocycles. The highest BCUT2D eigenvalue weighted by Crippen LogP contribution is 2.40. The Hall–Kier alpha value is -3.54. The second kappa shape index (κ2) is 8.05. The van der Waals surface area contributed by atoms with Gasteiger partial charge in [-0.3, -0.25) is 4.79 Å². The minimum Gasteiger partial charge on any atom is -0.458 e. The van der Waals surface area contributed by atoms with Crippen LogP contribution in [0.15, 0.2) is 23.0 Å². The Bertz CT molecular complexity index is 1500. The van der Waals surface area contributed by atoms with Gasteiger partial charge >= 0.3 is 5.97 Å². The fourth-order valence-electron chi connectivity index (χ4n) is 4.66. The Morgan fingerprint density at radius 1 is 1.29 bits per heavy atom. The van der Waals surface area contributed by atoms with Crippen LogP contribution in [0.5, 0.6) is 0 Å². The van der Waals surface area contributed by atoms with Crippen molar-refractivity contribution in [2.75, 3.05) is 13.7 Å². The van der Waals surface area contributed by atoms with E-state index in [4.69, 9.17) is 14.5 Å². The number of benzene rings is 1. The smallest absolute Gasteiger partial charge is 0.343 e. The highest BCUT2D eigenvalue weighted by Gasteiger charge is 2.45. The number of hydrogen-bond acceptors (Lipinski definition) is 6. The van der Waals surface area contributed by atoms with Gasteiger partial charge in [-0.1, -0.05) is 18.8 Å². The summed E-state index contributed by atoms with van der Waals surface area (Å²) >= 11 is 0. The zero-order valence-corrected chi connectivity index (χ0v) is 19.1. The zero-order valence-electron chi connectivity index (χ0n) is 19.1. The molecule has 1 aromatic carbocycles. The fraction of sp³-hybridized carbons (Fsp3) is 0.346. The van der Waals surface area contributed by atoms with E-state index in [9.17, 15) is 19.1 Å². The maximum absolute atomic E-state index is 14.4. The molecule has 0 saturated heterocycles. The van der Waals surface area contributed by atoms with E-state index in [-0.39, 0.29) is 42.1 Å². The Balaban J connectivity index is 1.80. The number of carbonyl (C=O) groups is 1. The van der Waals surface area contributed by atoms with Gasteiger partial charge in [0.25, 0.3) is 5.56 Å². The van der Waals surface area contributed by atoms with Crippen molar-refractivity contribution in [3.05, 3.63) is 62.2 Å². The molecule has 1 N–H and O–H groups in total. The van der Waals surface area contributed by atoms with Crippen LogP contribution in [0, 0.1) is 24.6 Å². The fourth-order valence-corrected chi connectivity index (χ4v) is 4.66. The molecular formula is C26H23FN2O5. The molecule has 0 spiro atoms. The first-order chi connectivity index (χ1) is 16.3. The number of aryl methyl sites for hydroxylation is 1. The number of esters is 1. The van der Waals surface area contributed by atoms with Gasteiger partial charge in [0, 0.05) is 41.7 Å². The van der Waals surface area contributed by atoms with Gasteiger partial charge in [-0.2, -0.15) is 0 Å². The first-order valence-electron chi connectivity index (χ1n) is 11.1. The standard InChI is InChI=1S/C26H23FN2O5/c1-4-26(32)19-10-22-23-17(12-29(22)24(30)18(19)13-34-25(26)31)15(7-5-6-8-33-3)16-9-14(2)20(27)11-21(16)28-23/h9-11,32H,4,6,8,12-13H2,1-3H3/t26-/m0/s1. The van der Waals surface area contributed by atoms with Crippen molar-refractivity contribution in [3.63, 3.8) is 0 Å². The molecule has 174 valence electrons. The first kappa shape index (κ1) is 22.3. The molecule has 7 nitrogen and oxygen atoms in total. The molecular weight excluding hydrogens is 439 g/mol. The number of nitrogens with zero attached hydrogens (tertiary/aromatic N) is 2. The van der Waals surface area contributed by atoms with Crippen molar-refractivity contribution in [1.82, 2.24) is 9.55 Å². The molecule has 2 aliphatic heterocycles. The van der Waals surface area contributed by atoms with E-state index in [0.29, 0.717) is 46.4 Å². The van der Waals surface area contributed by atoms with Crippen molar-refractivity contribution >= 4 is 16.9 Å². The van der Waals surface area contributed by atoms with Crippen LogP contribution in [-0.4, -0.2) is 34.3 Å². The molecule has 0 unspecified atom stereocenters. The van der Waals surface area contributed by atoms with Crippen LogP contribution >= 0.6 is 0 Å². The average Bonchev–Trinajstić information content (AvgIpc) is 3.19. The Morgan fingerprint density at radius 2 is 2.09 bits per heavy atom. The maximum atomic E-state index is 14.4. The summed E-state index contributed by atoms with van der Waals surface area (Å²) in [6, 6.07) is 4.72. The second-order valence-corrected chi connectivity index (χ2v) is 8.58. The summed E-state index contributed by atoms with van der Waals surface area (Å²) in [7, 11) is 1.60. The predicted molar refractivity (Wildman–Crippen MR) is 123 cm³/mol. The lowest BCUT2D eigenvalue weighted by Crippen LogP contribution is -2.44. The summed E-state index contributed by atoms with van der Waals surface area (Å²) in [5, 5.41) is 11.7. The number of aliphatic hydroxyl groups is 1. The molecule has 0 fully saturated rings. The summed E-state index contributed by atoms with van der Waals surface area (Å²) in [6.07, 6.45) is 0.569. The van der Waals surface area contributed by atoms with Crippen LogP contribution in [0.25, 0.3) is 22.3 Å². The number of cyclic esters (lactones) is 1. The molecule has 34 heavy (non-hydrogen) atoms. The summed E-state index contributed by atoms with van der Waals surface area (Å²) in [6.45, 7) is 3.83. The molecule has 2 aliphatic rings.